The molecular weight excluding hydrogens is 288 g/mol. The average molecular weight is 308 g/mol. The molecule has 2 atom stereocenters. The molecule has 0 saturated heterocycles. The molecule has 0 aliphatic rings. The van der Waals surface area contributed by atoms with Crippen LogP contribution in [0.5, 0.6) is 0 Å². The number of aliphatic carboxylic acids is 1. The summed E-state index contributed by atoms with van der Waals surface area (Å²) in [6.07, 6.45) is 1.14. The summed E-state index contributed by atoms with van der Waals surface area (Å²) in [6, 6.07) is 5.90. The molecule has 1 amide bonds. The fourth-order valence-corrected chi connectivity index (χ4v) is 2.05. The number of hydrogen-bond acceptors (Lipinski definition) is 3. The van der Waals surface area contributed by atoms with E-state index in [1.807, 2.05) is 6.92 Å². The zero-order chi connectivity index (χ0) is 16.0. The Balaban J connectivity index is 2.78. The SMILES string of the molecule is CCC(C)C(NC(=O)c1ccc(CC(N)=S)cc1)C(=O)O. The molecule has 0 fully saturated rings. The Bertz CT molecular complexity index is 528. The average Bonchev–Trinajstić information content (AvgIpc) is 2.43. The van der Waals surface area contributed by atoms with Crippen LogP contribution in [0.2, 0.25) is 0 Å². The van der Waals surface area contributed by atoms with Crippen LogP contribution in [-0.2, 0) is 11.2 Å². The zero-order valence-corrected chi connectivity index (χ0v) is 12.9. The smallest absolute Gasteiger partial charge is 0.326 e. The number of amides is 1. The maximum Gasteiger partial charge on any atom is 0.326 e. The lowest BCUT2D eigenvalue weighted by Gasteiger charge is -2.20. The fourth-order valence-electron chi connectivity index (χ4n) is 1.88. The third-order valence-corrected chi connectivity index (χ3v) is 3.50. The molecule has 114 valence electrons. The summed E-state index contributed by atoms with van der Waals surface area (Å²) in [5.41, 5.74) is 6.78. The summed E-state index contributed by atoms with van der Waals surface area (Å²) in [7, 11) is 0. The second kappa shape index (κ2) is 7.73. The summed E-state index contributed by atoms with van der Waals surface area (Å²) >= 11 is 4.82. The van der Waals surface area contributed by atoms with Gasteiger partial charge in [0.2, 0.25) is 0 Å². The molecule has 2 unspecified atom stereocenters. The number of nitrogens with one attached hydrogen (secondary N) is 1. The van der Waals surface area contributed by atoms with Crippen molar-refractivity contribution >= 4 is 29.1 Å². The minimum atomic E-state index is -1.03. The number of rotatable bonds is 7. The molecule has 0 radical (unpaired) electrons. The van der Waals surface area contributed by atoms with Crippen LogP contribution >= 0.6 is 12.2 Å². The van der Waals surface area contributed by atoms with Gasteiger partial charge in [0, 0.05) is 12.0 Å². The summed E-state index contributed by atoms with van der Waals surface area (Å²) in [4.78, 5) is 23.7. The van der Waals surface area contributed by atoms with E-state index in [9.17, 15) is 14.7 Å². The molecule has 21 heavy (non-hydrogen) atoms. The van der Waals surface area contributed by atoms with Gasteiger partial charge >= 0.3 is 5.97 Å². The van der Waals surface area contributed by atoms with Crippen LogP contribution in [0.1, 0.15) is 36.2 Å². The lowest BCUT2D eigenvalue weighted by atomic mass is 9.99. The molecule has 0 saturated carbocycles. The third kappa shape index (κ3) is 5.15. The first-order valence-electron chi connectivity index (χ1n) is 6.76. The Hall–Kier alpha value is -1.95. The highest BCUT2D eigenvalue weighted by Crippen LogP contribution is 2.10. The Kier molecular flexibility index (Phi) is 6.30. The van der Waals surface area contributed by atoms with Gasteiger partial charge in [0.25, 0.3) is 5.91 Å². The van der Waals surface area contributed by atoms with E-state index in [0.29, 0.717) is 23.4 Å². The highest BCUT2D eigenvalue weighted by molar-refractivity contribution is 7.80. The number of carboxylic acids is 1. The number of hydrogen-bond donors (Lipinski definition) is 3. The predicted octanol–water partition coefficient (Wildman–Crippen LogP) is 1.74. The van der Waals surface area contributed by atoms with Gasteiger partial charge in [0.1, 0.15) is 6.04 Å². The normalized spacial score (nSPS) is 13.2. The van der Waals surface area contributed by atoms with Crippen LogP contribution in [0, 0.1) is 5.92 Å². The first kappa shape index (κ1) is 17.1. The van der Waals surface area contributed by atoms with Crippen molar-refractivity contribution in [2.24, 2.45) is 11.7 Å². The van der Waals surface area contributed by atoms with E-state index >= 15 is 0 Å². The van der Waals surface area contributed by atoms with Crippen LogP contribution in [0.25, 0.3) is 0 Å². The highest BCUT2D eigenvalue weighted by Gasteiger charge is 2.25. The monoisotopic (exact) mass is 308 g/mol. The van der Waals surface area contributed by atoms with E-state index < -0.39 is 17.9 Å². The molecule has 0 bridgehead atoms. The van der Waals surface area contributed by atoms with Gasteiger partial charge in [0.05, 0.1) is 4.99 Å². The van der Waals surface area contributed by atoms with Gasteiger partial charge in [-0.2, -0.15) is 0 Å². The van der Waals surface area contributed by atoms with E-state index in [0.717, 1.165) is 5.56 Å². The number of nitrogens with two attached hydrogens (primary N) is 1. The number of carbonyl (C=O) groups is 2. The van der Waals surface area contributed by atoms with Crippen molar-refractivity contribution in [1.82, 2.24) is 5.32 Å². The fraction of sp³-hybridized carbons (Fsp3) is 0.400. The van der Waals surface area contributed by atoms with Crippen LogP contribution in [-0.4, -0.2) is 28.0 Å². The summed E-state index contributed by atoms with van der Waals surface area (Å²) in [6.45, 7) is 3.68. The van der Waals surface area contributed by atoms with E-state index in [-0.39, 0.29) is 5.92 Å². The van der Waals surface area contributed by atoms with E-state index in [1.54, 1.807) is 31.2 Å². The van der Waals surface area contributed by atoms with Gasteiger partial charge < -0.3 is 16.2 Å². The Morgan fingerprint density at radius 3 is 2.33 bits per heavy atom. The van der Waals surface area contributed by atoms with E-state index in [2.05, 4.69) is 5.32 Å². The standard InChI is InChI=1S/C15H20N2O3S/c1-3-9(2)13(15(19)20)17-14(18)11-6-4-10(5-7-11)8-12(16)21/h4-7,9,13H,3,8H2,1-2H3,(H2,16,21)(H,17,18)(H,19,20). The van der Waals surface area contributed by atoms with Gasteiger partial charge in [-0.3, -0.25) is 4.79 Å². The van der Waals surface area contributed by atoms with Crippen molar-refractivity contribution in [3.05, 3.63) is 35.4 Å². The molecule has 0 aliphatic carbocycles. The molecule has 0 aliphatic heterocycles. The minimum Gasteiger partial charge on any atom is -0.480 e. The summed E-state index contributed by atoms with van der Waals surface area (Å²) in [5, 5.41) is 11.7. The molecular formula is C15H20N2O3S. The number of carboxylic acid groups (broad SMARTS) is 1. The van der Waals surface area contributed by atoms with Crippen molar-refractivity contribution in [2.45, 2.75) is 32.7 Å². The molecule has 6 heteroatoms. The number of benzene rings is 1. The summed E-state index contributed by atoms with van der Waals surface area (Å²) in [5.74, 6) is -1.56. The lowest BCUT2D eigenvalue weighted by Crippen LogP contribution is -2.45. The van der Waals surface area contributed by atoms with Crippen molar-refractivity contribution in [1.29, 1.82) is 0 Å². The molecule has 4 N–H and O–H groups in total. The molecule has 1 rings (SSSR count). The first-order chi connectivity index (χ1) is 9.85. The van der Waals surface area contributed by atoms with Crippen LogP contribution in [0.15, 0.2) is 24.3 Å². The van der Waals surface area contributed by atoms with Gasteiger partial charge in [-0.15, -0.1) is 0 Å². The number of thiocarbonyl (C=S) groups is 1. The van der Waals surface area contributed by atoms with Gasteiger partial charge in [0.15, 0.2) is 0 Å². The largest absolute Gasteiger partial charge is 0.480 e. The molecule has 0 heterocycles. The van der Waals surface area contributed by atoms with Crippen molar-refractivity contribution in [3.8, 4) is 0 Å². The molecule has 1 aromatic rings. The van der Waals surface area contributed by atoms with Crippen LogP contribution in [0.4, 0.5) is 0 Å². The predicted molar refractivity (Wildman–Crippen MR) is 85.3 cm³/mol. The van der Waals surface area contributed by atoms with Crippen molar-refractivity contribution < 1.29 is 14.7 Å². The van der Waals surface area contributed by atoms with Crippen molar-refractivity contribution in [3.63, 3.8) is 0 Å². The molecule has 0 aromatic heterocycles. The summed E-state index contributed by atoms with van der Waals surface area (Å²) < 4.78 is 0. The maximum atomic E-state index is 12.1. The van der Waals surface area contributed by atoms with Gasteiger partial charge in [-0.25, -0.2) is 4.79 Å². The van der Waals surface area contributed by atoms with Crippen LogP contribution < -0.4 is 11.1 Å². The quantitative estimate of drug-likeness (QED) is 0.667. The van der Waals surface area contributed by atoms with Crippen LogP contribution in [0.3, 0.4) is 0 Å². The second-order valence-corrected chi connectivity index (χ2v) is 5.54. The Morgan fingerprint density at radius 1 is 1.33 bits per heavy atom. The zero-order valence-electron chi connectivity index (χ0n) is 12.1. The van der Waals surface area contributed by atoms with Crippen molar-refractivity contribution in [2.75, 3.05) is 0 Å². The first-order valence-corrected chi connectivity index (χ1v) is 7.16. The highest BCUT2D eigenvalue weighted by atomic mass is 32.1. The number of carbonyl (C=O) groups excluding carboxylic acids is 1. The topological polar surface area (TPSA) is 92.4 Å². The third-order valence-electron chi connectivity index (χ3n) is 3.36. The van der Waals surface area contributed by atoms with E-state index in [1.165, 1.54) is 0 Å². The minimum absolute atomic E-state index is 0.139. The maximum absolute atomic E-state index is 12.1. The van der Waals surface area contributed by atoms with E-state index in [4.69, 9.17) is 18.0 Å². The van der Waals surface area contributed by atoms with Gasteiger partial charge in [-0.1, -0.05) is 44.6 Å². The Labute approximate surface area is 129 Å². The Morgan fingerprint density at radius 2 is 1.90 bits per heavy atom. The molecule has 1 aromatic carbocycles. The molecule has 0 spiro atoms. The lowest BCUT2D eigenvalue weighted by molar-refractivity contribution is -0.140. The van der Waals surface area contributed by atoms with Gasteiger partial charge in [-0.05, 0) is 23.6 Å². The second-order valence-electron chi connectivity index (χ2n) is 5.01. The molecule has 5 nitrogen and oxygen atoms in total.